The summed E-state index contributed by atoms with van der Waals surface area (Å²) in [5, 5.41) is 3.16. The Labute approximate surface area is 134 Å². The molecule has 0 bridgehead atoms. The van der Waals surface area contributed by atoms with Crippen LogP contribution in [0.3, 0.4) is 0 Å². The topological polar surface area (TPSA) is 58.4 Å². The molecule has 0 heterocycles. The molecule has 0 radical (unpaired) electrons. The first-order chi connectivity index (χ1) is 10.6. The van der Waals surface area contributed by atoms with E-state index in [0.29, 0.717) is 12.5 Å². The van der Waals surface area contributed by atoms with Gasteiger partial charge in [-0.15, -0.1) is 0 Å². The Hall–Kier alpha value is -1.39. The fraction of sp³-hybridized carbons (Fsp3) is 0.611. The molecular formula is C18H29N3O. The zero-order valence-electron chi connectivity index (χ0n) is 13.8. The molecule has 0 saturated heterocycles. The highest BCUT2D eigenvalue weighted by atomic mass is 16.1. The van der Waals surface area contributed by atoms with Gasteiger partial charge in [0.05, 0.1) is 0 Å². The highest BCUT2D eigenvalue weighted by Gasteiger charge is 2.24. The van der Waals surface area contributed by atoms with Crippen LogP contribution in [-0.4, -0.2) is 37.5 Å². The third kappa shape index (κ3) is 4.82. The monoisotopic (exact) mass is 303 g/mol. The van der Waals surface area contributed by atoms with Crippen LogP contribution in [0.15, 0.2) is 24.3 Å². The van der Waals surface area contributed by atoms with Crippen molar-refractivity contribution in [2.24, 2.45) is 11.7 Å². The van der Waals surface area contributed by atoms with Crippen molar-refractivity contribution in [2.45, 2.75) is 44.7 Å². The van der Waals surface area contributed by atoms with Gasteiger partial charge in [0.1, 0.15) is 0 Å². The summed E-state index contributed by atoms with van der Waals surface area (Å²) in [5.41, 5.74) is 7.79. The maximum atomic E-state index is 12.5. The van der Waals surface area contributed by atoms with Gasteiger partial charge in [-0.2, -0.15) is 0 Å². The molecule has 22 heavy (non-hydrogen) atoms. The molecule has 0 aromatic heterocycles. The van der Waals surface area contributed by atoms with E-state index in [-0.39, 0.29) is 11.9 Å². The normalized spacial score (nSPS) is 17.5. The van der Waals surface area contributed by atoms with Crippen molar-refractivity contribution in [1.29, 1.82) is 0 Å². The first kappa shape index (κ1) is 17.0. The third-order valence-corrected chi connectivity index (χ3v) is 4.48. The fourth-order valence-electron chi connectivity index (χ4n) is 3.33. The number of carbonyl (C=O) groups excluding carboxylic acids is 1. The summed E-state index contributed by atoms with van der Waals surface area (Å²) >= 11 is 0. The van der Waals surface area contributed by atoms with Gasteiger partial charge in [-0.05, 0) is 50.6 Å². The van der Waals surface area contributed by atoms with Gasteiger partial charge >= 0.3 is 0 Å². The molecule has 3 N–H and O–H groups in total. The van der Waals surface area contributed by atoms with E-state index in [4.69, 9.17) is 5.73 Å². The molecule has 1 aliphatic carbocycles. The summed E-state index contributed by atoms with van der Waals surface area (Å²) in [4.78, 5) is 14.6. The lowest BCUT2D eigenvalue weighted by Crippen LogP contribution is -2.45. The summed E-state index contributed by atoms with van der Waals surface area (Å²) < 4.78 is 0. The van der Waals surface area contributed by atoms with Crippen LogP contribution < -0.4 is 11.1 Å². The predicted molar refractivity (Wildman–Crippen MR) is 90.7 cm³/mol. The van der Waals surface area contributed by atoms with Gasteiger partial charge in [-0.1, -0.05) is 31.4 Å². The summed E-state index contributed by atoms with van der Waals surface area (Å²) in [6.45, 7) is 1.36. The second-order valence-electron chi connectivity index (χ2n) is 6.65. The molecule has 4 heteroatoms. The van der Waals surface area contributed by atoms with Crippen LogP contribution in [0.25, 0.3) is 0 Å². The number of carbonyl (C=O) groups is 1. The number of nitrogens with two attached hydrogens (primary N) is 1. The van der Waals surface area contributed by atoms with Crippen LogP contribution in [0.1, 0.15) is 48.0 Å². The van der Waals surface area contributed by atoms with Gasteiger partial charge in [-0.25, -0.2) is 0 Å². The van der Waals surface area contributed by atoms with Crippen molar-refractivity contribution in [2.75, 3.05) is 20.6 Å². The molecule has 1 amide bonds. The first-order valence-corrected chi connectivity index (χ1v) is 8.34. The Balaban J connectivity index is 2.00. The fourth-order valence-corrected chi connectivity index (χ4v) is 3.33. The Bertz CT molecular complexity index is 481. The Kier molecular flexibility index (Phi) is 6.40. The van der Waals surface area contributed by atoms with Crippen LogP contribution in [0, 0.1) is 5.92 Å². The SMILES string of the molecule is CN(C)Cc1cccc(C(=O)NC(CN)C2CCCCC2)c1. The van der Waals surface area contributed by atoms with E-state index in [1.165, 1.54) is 32.1 Å². The average Bonchev–Trinajstić information content (AvgIpc) is 2.53. The minimum absolute atomic E-state index is 0.00151. The molecule has 1 aromatic carbocycles. The van der Waals surface area contributed by atoms with Gasteiger partial charge in [-0.3, -0.25) is 4.79 Å². The minimum atomic E-state index is 0.00151. The lowest BCUT2D eigenvalue weighted by atomic mass is 9.84. The van der Waals surface area contributed by atoms with Crippen LogP contribution in [0.4, 0.5) is 0 Å². The number of nitrogens with zero attached hydrogens (tertiary/aromatic N) is 1. The minimum Gasteiger partial charge on any atom is -0.348 e. The summed E-state index contributed by atoms with van der Waals surface area (Å²) in [6.07, 6.45) is 6.20. The van der Waals surface area contributed by atoms with Gasteiger partial charge in [0.15, 0.2) is 0 Å². The van der Waals surface area contributed by atoms with E-state index < -0.39 is 0 Å². The number of amides is 1. The number of hydrogen-bond donors (Lipinski definition) is 2. The molecule has 1 atom stereocenters. The molecule has 1 unspecified atom stereocenters. The first-order valence-electron chi connectivity index (χ1n) is 8.34. The molecule has 1 fully saturated rings. The Morgan fingerprint density at radius 3 is 2.68 bits per heavy atom. The van der Waals surface area contributed by atoms with Crippen molar-refractivity contribution >= 4 is 5.91 Å². The van der Waals surface area contributed by atoms with Crippen LogP contribution in [-0.2, 0) is 6.54 Å². The van der Waals surface area contributed by atoms with Crippen LogP contribution in [0.2, 0.25) is 0 Å². The van der Waals surface area contributed by atoms with Crippen molar-refractivity contribution in [3.63, 3.8) is 0 Å². The van der Waals surface area contributed by atoms with Gasteiger partial charge in [0.25, 0.3) is 5.91 Å². The van der Waals surface area contributed by atoms with Crippen LogP contribution in [0.5, 0.6) is 0 Å². The van der Waals surface area contributed by atoms with E-state index in [0.717, 1.165) is 17.7 Å². The zero-order chi connectivity index (χ0) is 15.9. The summed E-state index contributed by atoms with van der Waals surface area (Å²) in [6, 6.07) is 7.96. The molecule has 4 nitrogen and oxygen atoms in total. The quantitative estimate of drug-likeness (QED) is 0.848. The van der Waals surface area contributed by atoms with E-state index >= 15 is 0 Å². The van der Waals surface area contributed by atoms with Crippen molar-refractivity contribution in [3.8, 4) is 0 Å². The molecule has 1 aliphatic rings. The smallest absolute Gasteiger partial charge is 0.251 e. The highest BCUT2D eigenvalue weighted by molar-refractivity contribution is 5.94. The zero-order valence-corrected chi connectivity index (χ0v) is 13.8. The van der Waals surface area contributed by atoms with Gasteiger partial charge in [0, 0.05) is 24.7 Å². The lowest BCUT2D eigenvalue weighted by Gasteiger charge is -2.30. The lowest BCUT2D eigenvalue weighted by molar-refractivity contribution is 0.0915. The van der Waals surface area contributed by atoms with Gasteiger partial charge < -0.3 is 16.0 Å². The third-order valence-electron chi connectivity index (χ3n) is 4.48. The standard InChI is InChI=1S/C18H29N3O/c1-21(2)13-14-7-6-10-16(11-14)18(22)20-17(12-19)15-8-4-3-5-9-15/h6-7,10-11,15,17H,3-5,8-9,12-13,19H2,1-2H3,(H,20,22). The molecule has 0 spiro atoms. The highest BCUT2D eigenvalue weighted by Crippen LogP contribution is 2.26. The number of nitrogens with one attached hydrogen (secondary N) is 1. The Morgan fingerprint density at radius 1 is 1.32 bits per heavy atom. The van der Waals surface area contributed by atoms with Crippen molar-refractivity contribution in [1.82, 2.24) is 10.2 Å². The molecule has 1 aromatic rings. The summed E-state index contributed by atoms with van der Waals surface area (Å²) in [5.74, 6) is 0.536. The van der Waals surface area contributed by atoms with E-state index in [9.17, 15) is 4.79 Å². The number of benzene rings is 1. The molecule has 122 valence electrons. The molecule has 1 saturated carbocycles. The number of rotatable bonds is 6. The second-order valence-corrected chi connectivity index (χ2v) is 6.65. The molecule has 0 aliphatic heterocycles. The van der Waals surface area contributed by atoms with E-state index in [2.05, 4.69) is 16.3 Å². The van der Waals surface area contributed by atoms with E-state index in [1.54, 1.807) is 0 Å². The van der Waals surface area contributed by atoms with Crippen molar-refractivity contribution < 1.29 is 4.79 Å². The summed E-state index contributed by atoms with van der Waals surface area (Å²) in [7, 11) is 4.06. The largest absolute Gasteiger partial charge is 0.348 e. The maximum absolute atomic E-state index is 12.5. The predicted octanol–water partition coefficient (Wildman–Crippen LogP) is 2.39. The van der Waals surface area contributed by atoms with Crippen molar-refractivity contribution in [3.05, 3.63) is 35.4 Å². The maximum Gasteiger partial charge on any atom is 0.251 e. The van der Waals surface area contributed by atoms with E-state index in [1.807, 2.05) is 32.3 Å². The second kappa shape index (κ2) is 8.30. The molecular weight excluding hydrogens is 274 g/mol. The Morgan fingerprint density at radius 2 is 2.05 bits per heavy atom. The van der Waals surface area contributed by atoms with Gasteiger partial charge in [0.2, 0.25) is 0 Å². The number of hydrogen-bond acceptors (Lipinski definition) is 3. The van der Waals surface area contributed by atoms with Crippen LogP contribution >= 0.6 is 0 Å². The molecule has 2 rings (SSSR count). The average molecular weight is 303 g/mol.